The molecule has 1 unspecified atom stereocenters. The summed E-state index contributed by atoms with van der Waals surface area (Å²) in [6.45, 7) is 12.5. The zero-order valence-electron chi connectivity index (χ0n) is 13.7. The molecule has 1 aromatic rings. The Hall–Kier alpha value is -1.51. The molecule has 0 radical (unpaired) electrons. The van der Waals surface area contributed by atoms with E-state index < -0.39 is 0 Å². The van der Waals surface area contributed by atoms with Crippen molar-refractivity contribution in [3.63, 3.8) is 0 Å². The van der Waals surface area contributed by atoms with Gasteiger partial charge in [0.1, 0.15) is 5.75 Å². The smallest absolute Gasteiger partial charge is 0.223 e. The predicted octanol–water partition coefficient (Wildman–Crippen LogP) is 4.58. The van der Waals surface area contributed by atoms with Gasteiger partial charge in [-0.05, 0) is 6.07 Å². The highest BCUT2D eigenvalue weighted by atomic mass is 16.5. The predicted molar refractivity (Wildman–Crippen MR) is 87.1 cm³/mol. The molecule has 1 aliphatic heterocycles. The molecule has 1 amide bonds. The first-order valence-corrected chi connectivity index (χ1v) is 7.70. The third kappa shape index (κ3) is 5.24. The molecule has 116 valence electrons. The van der Waals surface area contributed by atoms with E-state index in [0.717, 1.165) is 17.7 Å². The number of rotatable bonds is 2. The lowest BCUT2D eigenvalue weighted by Gasteiger charge is -2.27. The third-order valence-electron chi connectivity index (χ3n) is 2.80. The van der Waals surface area contributed by atoms with Gasteiger partial charge in [0.25, 0.3) is 0 Å². The molecular weight excluding hydrogens is 250 g/mol. The van der Waals surface area contributed by atoms with Crippen molar-refractivity contribution < 1.29 is 11.0 Å². The first kappa shape index (κ1) is 18.5. The van der Waals surface area contributed by atoms with Gasteiger partial charge >= 0.3 is 0 Å². The largest absolute Gasteiger partial charge is 0.493 e. The van der Waals surface area contributed by atoms with Crippen LogP contribution in [0.5, 0.6) is 5.75 Å². The number of hydrogen-bond acceptors (Lipinski definition) is 2. The second-order valence-corrected chi connectivity index (χ2v) is 4.39. The fourth-order valence-electron chi connectivity index (χ4n) is 1.83. The van der Waals surface area contributed by atoms with Crippen molar-refractivity contribution in [1.82, 2.24) is 5.32 Å². The molecule has 1 heterocycles. The Balaban J connectivity index is 0. The maximum Gasteiger partial charge on any atom is 0.223 e. The van der Waals surface area contributed by atoms with Crippen LogP contribution in [-0.4, -0.2) is 12.5 Å². The monoisotopic (exact) mass is 281 g/mol. The molecule has 0 aliphatic carbocycles. The van der Waals surface area contributed by atoms with Crippen LogP contribution in [0.4, 0.5) is 0 Å². The van der Waals surface area contributed by atoms with Gasteiger partial charge in [-0.3, -0.25) is 4.79 Å². The van der Waals surface area contributed by atoms with Crippen LogP contribution in [0.15, 0.2) is 24.3 Å². The Morgan fingerprint density at radius 3 is 2.45 bits per heavy atom. The van der Waals surface area contributed by atoms with Gasteiger partial charge < -0.3 is 10.1 Å². The van der Waals surface area contributed by atoms with Crippen molar-refractivity contribution >= 4 is 5.91 Å². The summed E-state index contributed by atoms with van der Waals surface area (Å²) in [6.07, 6.45) is 0.843. The number of carbonyl (C=O) groups excluding carboxylic acids is 1. The molecule has 0 fully saturated rings. The number of fused-ring (bicyclic) bond motifs is 1. The van der Waals surface area contributed by atoms with Crippen LogP contribution in [-0.2, 0) is 4.79 Å². The SMILES string of the molecule is CC.CC.CC(C)C(=O)NC1CCOc2ccccc21.[HH]. The summed E-state index contributed by atoms with van der Waals surface area (Å²) in [7, 11) is 0. The highest BCUT2D eigenvalue weighted by molar-refractivity contribution is 5.78. The Kier molecular flexibility index (Phi) is 9.52. The normalized spacial score (nSPS) is 15.7. The Morgan fingerprint density at radius 1 is 1.25 bits per heavy atom. The minimum Gasteiger partial charge on any atom is -0.493 e. The average Bonchev–Trinajstić information content (AvgIpc) is 2.51. The zero-order valence-corrected chi connectivity index (χ0v) is 13.7. The van der Waals surface area contributed by atoms with E-state index in [0.29, 0.717) is 6.61 Å². The third-order valence-corrected chi connectivity index (χ3v) is 2.80. The molecule has 0 saturated heterocycles. The lowest BCUT2D eigenvalue weighted by atomic mass is 10.00. The molecule has 0 spiro atoms. The van der Waals surface area contributed by atoms with E-state index in [1.807, 2.05) is 65.8 Å². The summed E-state index contributed by atoms with van der Waals surface area (Å²) in [4.78, 5) is 11.7. The summed E-state index contributed by atoms with van der Waals surface area (Å²) >= 11 is 0. The number of amides is 1. The van der Waals surface area contributed by atoms with Gasteiger partial charge in [-0.2, -0.15) is 0 Å². The number of carbonyl (C=O) groups is 1. The van der Waals surface area contributed by atoms with E-state index >= 15 is 0 Å². The Labute approximate surface area is 125 Å². The van der Waals surface area contributed by atoms with Crippen molar-refractivity contribution in [1.29, 1.82) is 0 Å². The summed E-state index contributed by atoms with van der Waals surface area (Å²) < 4.78 is 5.54. The lowest BCUT2D eigenvalue weighted by Crippen LogP contribution is -2.34. The summed E-state index contributed by atoms with van der Waals surface area (Å²) in [5.41, 5.74) is 1.09. The first-order valence-electron chi connectivity index (χ1n) is 7.70. The van der Waals surface area contributed by atoms with E-state index in [9.17, 15) is 4.79 Å². The molecule has 1 aliphatic rings. The molecule has 0 saturated carbocycles. The molecular formula is C17H31NO2. The number of para-hydroxylation sites is 1. The fraction of sp³-hybridized carbons (Fsp3) is 0.588. The van der Waals surface area contributed by atoms with Crippen LogP contribution >= 0.6 is 0 Å². The molecule has 3 nitrogen and oxygen atoms in total. The number of hydrogen-bond donors (Lipinski definition) is 1. The number of ether oxygens (including phenoxy) is 1. The number of nitrogens with one attached hydrogen (secondary N) is 1. The number of benzene rings is 1. The van der Waals surface area contributed by atoms with E-state index in [4.69, 9.17) is 4.74 Å². The minimum absolute atomic E-state index is 0. The van der Waals surface area contributed by atoms with Crippen LogP contribution in [0.25, 0.3) is 0 Å². The van der Waals surface area contributed by atoms with Crippen molar-refractivity contribution in [3.8, 4) is 5.75 Å². The van der Waals surface area contributed by atoms with Crippen LogP contribution in [0, 0.1) is 5.92 Å². The van der Waals surface area contributed by atoms with Crippen LogP contribution in [0.2, 0.25) is 0 Å². The van der Waals surface area contributed by atoms with E-state index in [2.05, 4.69) is 5.32 Å². The summed E-state index contributed by atoms with van der Waals surface area (Å²) in [6, 6.07) is 7.98. The Morgan fingerprint density at radius 2 is 1.85 bits per heavy atom. The van der Waals surface area contributed by atoms with Crippen molar-refractivity contribution in [2.75, 3.05) is 6.61 Å². The molecule has 0 aromatic heterocycles. The van der Waals surface area contributed by atoms with Crippen LogP contribution < -0.4 is 10.1 Å². The van der Waals surface area contributed by atoms with Crippen molar-refractivity contribution in [2.24, 2.45) is 5.92 Å². The average molecular weight is 281 g/mol. The second-order valence-electron chi connectivity index (χ2n) is 4.39. The first-order chi connectivity index (χ1) is 9.68. The van der Waals surface area contributed by atoms with Gasteiger partial charge in [-0.25, -0.2) is 0 Å². The topological polar surface area (TPSA) is 38.3 Å². The van der Waals surface area contributed by atoms with E-state index in [-0.39, 0.29) is 19.3 Å². The quantitative estimate of drug-likeness (QED) is 0.861. The van der Waals surface area contributed by atoms with Crippen molar-refractivity contribution in [3.05, 3.63) is 29.8 Å². The van der Waals surface area contributed by atoms with Gasteiger partial charge in [0, 0.05) is 19.3 Å². The highest BCUT2D eigenvalue weighted by Crippen LogP contribution is 2.31. The highest BCUT2D eigenvalue weighted by Gasteiger charge is 2.23. The van der Waals surface area contributed by atoms with Gasteiger partial charge in [0.15, 0.2) is 0 Å². The van der Waals surface area contributed by atoms with Gasteiger partial charge in [0.2, 0.25) is 5.91 Å². The molecule has 3 heteroatoms. The van der Waals surface area contributed by atoms with E-state index in [1.165, 1.54) is 0 Å². The second kappa shape index (κ2) is 10.3. The maximum atomic E-state index is 11.7. The molecule has 2 rings (SSSR count). The standard InChI is InChI=1S/C13H17NO2.2C2H6.H2/c1-9(2)13(15)14-11-7-8-16-12-6-4-3-5-10(11)12;2*1-2;/h3-6,9,11H,7-8H2,1-2H3,(H,14,15);2*1-2H3;1H. The molecule has 1 atom stereocenters. The minimum atomic E-state index is 0. The van der Waals surface area contributed by atoms with Gasteiger partial charge in [-0.15, -0.1) is 0 Å². The summed E-state index contributed by atoms with van der Waals surface area (Å²) in [5.74, 6) is 1.01. The lowest BCUT2D eigenvalue weighted by molar-refractivity contribution is -0.124. The maximum absolute atomic E-state index is 11.7. The molecule has 20 heavy (non-hydrogen) atoms. The van der Waals surface area contributed by atoms with E-state index in [1.54, 1.807) is 0 Å². The van der Waals surface area contributed by atoms with Gasteiger partial charge in [0.05, 0.1) is 12.6 Å². The van der Waals surface area contributed by atoms with Crippen LogP contribution in [0.1, 0.15) is 61.0 Å². The summed E-state index contributed by atoms with van der Waals surface area (Å²) in [5, 5.41) is 3.06. The molecule has 0 bridgehead atoms. The van der Waals surface area contributed by atoms with Crippen molar-refractivity contribution in [2.45, 2.75) is 54.0 Å². The molecule has 1 aromatic carbocycles. The van der Waals surface area contributed by atoms with Crippen LogP contribution in [0.3, 0.4) is 0 Å². The van der Waals surface area contributed by atoms with Gasteiger partial charge in [-0.1, -0.05) is 59.7 Å². The fourth-order valence-corrected chi connectivity index (χ4v) is 1.83. The Bertz CT molecular complexity index is 394. The molecule has 1 N–H and O–H groups in total. The zero-order chi connectivity index (χ0) is 15.5.